The van der Waals surface area contributed by atoms with Gasteiger partial charge >= 0.3 is 0 Å². The molecule has 3 heterocycles. The first kappa shape index (κ1) is 19.4. The van der Waals surface area contributed by atoms with Gasteiger partial charge in [0, 0.05) is 47.2 Å². The maximum absolute atomic E-state index is 13.6. The normalized spacial score (nSPS) is 17.2. The van der Waals surface area contributed by atoms with Crippen LogP contribution in [0.2, 0.25) is 0 Å². The minimum atomic E-state index is 0.143. The highest BCUT2D eigenvalue weighted by atomic mass is 16.5. The predicted octanol–water partition coefficient (Wildman–Crippen LogP) is 5.62. The van der Waals surface area contributed by atoms with Gasteiger partial charge in [0.15, 0.2) is 0 Å². The Morgan fingerprint density at radius 2 is 1.81 bits per heavy atom. The molecule has 1 aliphatic heterocycles. The number of nitrogens with one attached hydrogen (secondary N) is 1. The predicted molar refractivity (Wildman–Crippen MR) is 126 cm³/mol. The summed E-state index contributed by atoms with van der Waals surface area (Å²) in [5.41, 5.74) is 5.29. The highest BCUT2D eigenvalue weighted by Gasteiger charge is 2.30. The number of hydrogen-bond donors (Lipinski definition) is 1. The monoisotopic (exact) mass is 425 g/mol. The number of hydrogen-bond acceptors (Lipinski definition) is 3. The van der Waals surface area contributed by atoms with E-state index in [4.69, 9.17) is 9.72 Å². The van der Waals surface area contributed by atoms with Crippen LogP contribution in [0.1, 0.15) is 59.1 Å². The Kier molecular flexibility index (Phi) is 4.63. The van der Waals surface area contributed by atoms with Gasteiger partial charge in [-0.05, 0) is 67.5 Å². The summed E-state index contributed by atoms with van der Waals surface area (Å²) < 4.78 is 5.43. The van der Waals surface area contributed by atoms with Crippen LogP contribution in [0, 0.1) is 0 Å². The molecule has 1 N–H and O–H groups in total. The molecule has 0 radical (unpaired) electrons. The molecule has 2 fully saturated rings. The van der Waals surface area contributed by atoms with Crippen molar-refractivity contribution >= 4 is 27.7 Å². The van der Waals surface area contributed by atoms with Crippen LogP contribution in [0.3, 0.4) is 0 Å². The highest BCUT2D eigenvalue weighted by molar-refractivity contribution is 6.06. The Labute approximate surface area is 187 Å². The van der Waals surface area contributed by atoms with Gasteiger partial charge in [-0.3, -0.25) is 9.78 Å². The SMILES string of the molecule is COc1ccc2[nH]cc(C3CCN(C(=O)c4cc(C5CC5)nc5ccccc45)CC3)c2c1. The summed E-state index contributed by atoms with van der Waals surface area (Å²) >= 11 is 0. The fourth-order valence-corrected chi connectivity index (χ4v) is 5.11. The third-order valence-electron chi connectivity index (χ3n) is 7.10. The molecule has 1 amide bonds. The fourth-order valence-electron chi connectivity index (χ4n) is 5.11. The van der Waals surface area contributed by atoms with E-state index in [-0.39, 0.29) is 5.91 Å². The van der Waals surface area contributed by atoms with Crippen molar-refractivity contribution in [3.05, 3.63) is 71.5 Å². The number of carbonyl (C=O) groups excluding carboxylic acids is 1. The lowest BCUT2D eigenvalue weighted by atomic mass is 9.89. The molecule has 1 saturated heterocycles. The number of aromatic nitrogens is 2. The smallest absolute Gasteiger partial charge is 0.254 e. The summed E-state index contributed by atoms with van der Waals surface area (Å²) in [7, 11) is 1.70. The molecule has 0 atom stereocenters. The highest BCUT2D eigenvalue weighted by Crippen LogP contribution is 2.41. The van der Waals surface area contributed by atoms with E-state index in [0.717, 1.165) is 59.4 Å². The molecular weight excluding hydrogens is 398 g/mol. The van der Waals surface area contributed by atoms with E-state index in [0.29, 0.717) is 11.8 Å². The van der Waals surface area contributed by atoms with Gasteiger partial charge in [-0.25, -0.2) is 0 Å². The first-order valence-corrected chi connectivity index (χ1v) is 11.6. The number of fused-ring (bicyclic) bond motifs is 2. The van der Waals surface area contributed by atoms with Crippen LogP contribution in [-0.2, 0) is 0 Å². The zero-order valence-electron chi connectivity index (χ0n) is 18.3. The number of para-hydroxylation sites is 1. The maximum Gasteiger partial charge on any atom is 0.254 e. The van der Waals surface area contributed by atoms with E-state index in [1.54, 1.807) is 7.11 Å². The number of ether oxygens (including phenoxy) is 1. The minimum absolute atomic E-state index is 0.143. The van der Waals surface area contributed by atoms with E-state index >= 15 is 0 Å². The molecule has 2 aromatic heterocycles. The maximum atomic E-state index is 13.6. The van der Waals surface area contributed by atoms with Gasteiger partial charge in [-0.2, -0.15) is 0 Å². The molecule has 1 saturated carbocycles. The summed E-state index contributed by atoms with van der Waals surface area (Å²) in [5.74, 6) is 1.98. The van der Waals surface area contributed by atoms with Crippen molar-refractivity contribution < 1.29 is 9.53 Å². The van der Waals surface area contributed by atoms with Gasteiger partial charge < -0.3 is 14.6 Å². The first-order valence-electron chi connectivity index (χ1n) is 11.6. The van der Waals surface area contributed by atoms with Gasteiger partial charge in [0.2, 0.25) is 0 Å². The number of pyridine rings is 1. The summed E-state index contributed by atoms with van der Waals surface area (Å²) in [5, 5.41) is 2.19. The number of rotatable bonds is 4. The van der Waals surface area contributed by atoms with Crippen molar-refractivity contribution in [1.29, 1.82) is 0 Å². The van der Waals surface area contributed by atoms with Crippen molar-refractivity contribution in [2.45, 2.75) is 37.5 Å². The van der Waals surface area contributed by atoms with E-state index in [1.807, 2.05) is 35.2 Å². The molecule has 2 aromatic carbocycles. The molecular formula is C27H27N3O2. The third kappa shape index (κ3) is 3.32. The fraction of sp³-hybridized carbons (Fsp3) is 0.333. The molecule has 5 nitrogen and oxygen atoms in total. The molecule has 4 aromatic rings. The third-order valence-corrected chi connectivity index (χ3v) is 7.10. The van der Waals surface area contributed by atoms with Crippen LogP contribution >= 0.6 is 0 Å². The summed E-state index contributed by atoms with van der Waals surface area (Å²) in [6, 6.07) is 16.3. The van der Waals surface area contributed by atoms with Crippen molar-refractivity contribution in [1.82, 2.24) is 14.9 Å². The number of amides is 1. The van der Waals surface area contributed by atoms with Crippen LogP contribution in [0.25, 0.3) is 21.8 Å². The van der Waals surface area contributed by atoms with Crippen LogP contribution in [0.4, 0.5) is 0 Å². The number of likely N-dealkylation sites (tertiary alicyclic amines) is 1. The molecule has 0 unspecified atom stereocenters. The van der Waals surface area contributed by atoms with E-state index in [1.165, 1.54) is 23.8 Å². The molecule has 162 valence electrons. The summed E-state index contributed by atoms with van der Waals surface area (Å²) in [6.07, 6.45) is 6.42. The Morgan fingerprint density at radius 3 is 2.59 bits per heavy atom. The number of carbonyl (C=O) groups is 1. The molecule has 1 aliphatic carbocycles. The number of aromatic amines is 1. The average molecular weight is 426 g/mol. The van der Waals surface area contributed by atoms with Crippen molar-refractivity contribution in [3.63, 3.8) is 0 Å². The van der Waals surface area contributed by atoms with E-state index < -0.39 is 0 Å². The second kappa shape index (κ2) is 7.66. The largest absolute Gasteiger partial charge is 0.497 e. The number of piperidine rings is 1. The molecule has 0 spiro atoms. The Bertz CT molecular complexity index is 1310. The molecule has 2 aliphatic rings. The van der Waals surface area contributed by atoms with Crippen LogP contribution in [-0.4, -0.2) is 41.0 Å². The van der Waals surface area contributed by atoms with E-state index in [2.05, 4.69) is 29.4 Å². The van der Waals surface area contributed by atoms with Crippen LogP contribution in [0.5, 0.6) is 5.75 Å². The van der Waals surface area contributed by atoms with Gasteiger partial charge in [0.1, 0.15) is 5.75 Å². The van der Waals surface area contributed by atoms with Crippen LogP contribution < -0.4 is 4.74 Å². The lowest BCUT2D eigenvalue weighted by Crippen LogP contribution is -2.38. The molecule has 0 bridgehead atoms. The zero-order valence-corrected chi connectivity index (χ0v) is 18.3. The Hall–Kier alpha value is -3.34. The van der Waals surface area contributed by atoms with E-state index in [9.17, 15) is 4.79 Å². The second-order valence-corrected chi connectivity index (χ2v) is 9.11. The topological polar surface area (TPSA) is 58.2 Å². The van der Waals surface area contributed by atoms with Gasteiger partial charge in [-0.15, -0.1) is 0 Å². The van der Waals surface area contributed by atoms with Crippen LogP contribution in [0.15, 0.2) is 54.7 Å². The number of methoxy groups -OCH3 is 1. The van der Waals surface area contributed by atoms with Crippen molar-refractivity contribution in [2.24, 2.45) is 0 Å². The molecule has 32 heavy (non-hydrogen) atoms. The first-order chi connectivity index (χ1) is 15.7. The summed E-state index contributed by atoms with van der Waals surface area (Å²) in [4.78, 5) is 23.8. The van der Waals surface area contributed by atoms with Gasteiger partial charge in [0.05, 0.1) is 18.2 Å². The number of nitrogens with zero attached hydrogens (tertiary/aromatic N) is 2. The van der Waals surface area contributed by atoms with Crippen molar-refractivity contribution in [2.75, 3.05) is 20.2 Å². The lowest BCUT2D eigenvalue weighted by Gasteiger charge is -2.32. The Morgan fingerprint density at radius 1 is 1.00 bits per heavy atom. The minimum Gasteiger partial charge on any atom is -0.497 e. The standard InChI is InChI=1S/C27H27N3O2/c1-32-19-8-9-24-21(14-19)23(16-28-24)17-10-12-30(13-11-17)27(31)22-15-26(18-6-7-18)29-25-5-3-2-4-20(22)25/h2-5,8-9,14-18,28H,6-7,10-13H2,1H3. The molecule has 5 heteroatoms. The zero-order chi connectivity index (χ0) is 21.7. The average Bonchev–Trinajstić information content (AvgIpc) is 3.62. The Balaban J connectivity index is 1.25. The lowest BCUT2D eigenvalue weighted by molar-refractivity contribution is 0.0715. The summed E-state index contributed by atoms with van der Waals surface area (Å²) in [6.45, 7) is 1.55. The number of benzene rings is 2. The van der Waals surface area contributed by atoms with Gasteiger partial charge in [-0.1, -0.05) is 18.2 Å². The quantitative estimate of drug-likeness (QED) is 0.462. The second-order valence-electron chi connectivity index (χ2n) is 9.11. The van der Waals surface area contributed by atoms with Crippen molar-refractivity contribution in [3.8, 4) is 5.75 Å². The molecule has 6 rings (SSSR count). The number of H-pyrrole nitrogens is 1. The van der Waals surface area contributed by atoms with Gasteiger partial charge in [0.25, 0.3) is 5.91 Å².